The highest BCUT2D eigenvalue weighted by molar-refractivity contribution is 5.89. The molecule has 0 saturated carbocycles. The van der Waals surface area contributed by atoms with Crippen molar-refractivity contribution in [1.29, 1.82) is 0 Å². The van der Waals surface area contributed by atoms with Crippen LogP contribution >= 0.6 is 0 Å². The van der Waals surface area contributed by atoms with E-state index in [-0.39, 0.29) is 0 Å². The molecule has 318 valence electrons. The van der Waals surface area contributed by atoms with Gasteiger partial charge in [0.25, 0.3) is 0 Å². The van der Waals surface area contributed by atoms with Gasteiger partial charge in [0.05, 0.1) is 16.8 Å². The SMILES string of the molecule is c1ccc(-c2ccc(-c3ccc(-c4nc(-c5ccccc5)nc(-c5ccc(-c6ccc7c(c6)C6(c8ccccc8O7)c7ccccc7-c7ccccc76)cc5)n4)cc3)c(-c3ccccc3)n2)cc1. The van der Waals surface area contributed by atoms with E-state index in [0.29, 0.717) is 17.5 Å². The molecule has 0 saturated heterocycles. The first kappa shape index (κ1) is 39.3. The molecule has 0 radical (unpaired) electrons. The van der Waals surface area contributed by atoms with Crippen molar-refractivity contribution >= 4 is 0 Å². The molecule has 3 heterocycles. The van der Waals surface area contributed by atoms with E-state index in [1.54, 1.807) is 0 Å². The predicted molar refractivity (Wildman–Crippen MR) is 273 cm³/mol. The zero-order valence-electron chi connectivity index (χ0n) is 36.8. The topological polar surface area (TPSA) is 60.8 Å². The van der Waals surface area contributed by atoms with Crippen LogP contribution in [0, 0.1) is 0 Å². The number of pyridine rings is 1. The molecule has 0 fully saturated rings. The third-order valence-corrected chi connectivity index (χ3v) is 13.5. The van der Waals surface area contributed by atoms with Crippen LogP contribution in [0.5, 0.6) is 11.5 Å². The molecule has 9 aromatic carbocycles. The number of ether oxygens (including phenoxy) is 1. The molecular formula is C63H40N4O. The van der Waals surface area contributed by atoms with Gasteiger partial charge < -0.3 is 4.74 Å². The summed E-state index contributed by atoms with van der Waals surface area (Å²) < 4.78 is 6.70. The summed E-state index contributed by atoms with van der Waals surface area (Å²) in [5.74, 6) is 3.56. The fourth-order valence-electron chi connectivity index (χ4n) is 10.3. The van der Waals surface area contributed by atoms with E-state index in [0.717, 1.165) is 84.1 Å². The smallest absolute Gasteiger partial charge is 0.164 e. The lowest BCUT2D eigenvalue weighted by Gasteiger charge is -2.39. The fraction of sp³-hybridized carbons (Fsp3) is 0.0159. The average molecular weight is 869 g/mol. The second kappa shape index (κ2) is 16.1. The lowest BCUT2D eigenvalue weighted by atomic mass is 9.66. The Balaban J connectivity index is 0.874. The van der Waals surface area contributed by atoms with Crippen LogP contribution in [0.2, 0.25) is 0 Å². The summed E-state index contributed by atoms with van der Waals surface area (Å²) in [7, 11) is 0. The molecule has 0 N–H and O–H groups in total. The van der Waals surface area contributed by atoms with Gasteiger partial charge in [-0.05, 0) is 63.2 Å². The lowest BCUT2D eigenvalue weighted by Crippen LogP contribution is -2.32. The molecule has 0 amide bonds. The predicted octanol–water partition coefficient (Wildman–Crippen LogP) is 15.4. The molecule has 1 spiro atoms. The van der Waals surface area contributed by atoms with Crippen LogP contribution < -0.4 is 4.74 Å². The fourth-order valence-corrected chi connectivity index (χ4v) is 10.3. The minimum Gasteiger partial charge on any atom is -0.457 e. The number of hydrogen-bond acceptors (Lipinski definition) is 5. The Bertz CT molecular complexity index is 3640. The summed E-state index contributed by atoms with van der Waals surface area (Å²) in [6.07, 6.45) is 0. The van der Waals surface area contributed by atoms with Gasteiger partial charge in [-0.2, -0.15) is 0 Å². The quantitative estimate of drug-likeness (QED) is 0.160. The van der Waals surface area contributed by atoms with E-state index < -0.39 is 5.41 Å². The number of para-hydroxylation sites is 1. The van der Waals surface area contributed by atoms with Gasteiger partial charge in [-0.15, -0.1) is 0 Å². The number of fused-ring (bicyclic) bond motifs is 9. The van der Waals surface area contributed by atoms with Gasteiger partial charge in [-0.3, -0.25) is 0 Å². The Labute approximate surface area is 394 Å². The Morgan fingerprint density at radius 3 is 1.31 bits per heavy atom. The molecule has 68 heavy (non-hydrogen) atoms. The Hall–Kier alpha value is -9.06. The Morgan fingerprint density at radius 1 is 0.265 bits per heavy atom. The van der Waals surface area contributed by atoms with Crippen LogP contribution in [0.15, 0.2) is 243 Å². The average Bonchev–Trinajstić information content (AvgIpc) is 3.72. The molecule has 1 aliphatic carbocycles. The number of rotatable bonds is 7. The van der Waals surface area contributed by atoms with E-state index in [1.165, 1.54) is 22.3 Å². The van der Waals surface area contributed by atoms with Gasteiger partial charge in [0.2, 0.25) is 0 Å². The molecule has 13 rings (SSSR count). The van der Waals surface area contributed by atoms with Crippen LogP contribution in [-0.4, -0.2) is 19.9 Å². The highest BCUT2D eigenvalue weighted by Gasteiger charge is 2.51. The Kier molecular flexibility index (Phi) is 9.32. The molecule has 0 unspecified atom stereocenters. The standard InChI is InChI=1S/C63H40N4O/c1-4-16-43(17-5-1)56-38-37-49(59(64-56)44-18-6-2-7-19-44)42-30-34-47(35-31-42)62-66-60(45-20-8-3-9-21-45)65-61(67-62)46-32-28-41(29-33-46)48-36-39-58-55(40-48)63(54-26-14-15-27-57(54)68-58)52-24-12-10-22-50(52)51-23-11-13-25-53(51)63/h1-40H. The zero-order valence-corrected chi connectivity index (χ0v) is 36.8. The number of hydrogen-bond donors (Lipinski definition) is 0. The summed E-state index contributed by atoms with van der Waals surface area (Å²) in [5.41, 5.74) is 17.8. The van der Waals surface area contributed by atoms with Crippen LogP contribution in [0.4, 0.5) is 0 Å². The lowest BCUT2D eigenvalue weighted by molar-refractivity contribution is 0.436. The zero-order chi connectivity index (χ0) is 45.0. The molecule has 11 aromatic rings. The minimum absolute atomic E-state index is 0.533. The summed E-state index contributed by atoms with van der Waals surface area (Å²) in [4.78, 5) is 20.5. The largest absolute Gasteiger partial charge is 0.457 e. The molecule has 0 bridgehead atoms. The molecule has 2 aliphatic rings. The van der Waals surface area contributed by atoms with Crippen molar-refractivity contribution in [2.75, 3.05) is 0 Å². The van der Waals surface area contributed by atoms with Crippen molar-refractivity contribution in [3.05, 3.63) is 265 Å². The highest BCUT2D eigenvalue weighted by atomic mass is 16.5. The summed E-state index contributed by atoms with van der Waals surface area (Å²) in [5, 5.41) is 0. The van der Waals surface area contributed by atoms with E-state index in [4.69, 9.17) is 24.7 Å². The molecular weight excluding hydrogens is 829 g/mol. The van der Waals surface area contributed by atoms with E-state index in [9.17, 15) is 0 Å². The van der Waals surface area contributed by atoms with E-state index >= 15 is 0 Å². The third kappa shape index (κ3) is 6.47. The van der Waals surface area contributed by atoms with Crippen molar-refractivity contribution < 1.29 is 4.74 Å². The van der Waals surface area contributed by atoms with E-state index in [2.05, 4.69) is 188 Å². The maximum Gasteiger partial charge on any atom is 0.164 e. The first-order valence-corrected chi connectivity index (χ1v) is 23.0. The number of benzene rings is 9. The Morgan fingerprint density at radius 2 is 0.706 bits per heavy atom. The monoisotopic (exact) mass is 868 g/mol. The van der Waals surface area contributed by atoms with Crippen molar-refractivity contribution in [1.82, 2.24) is 19.9 Å². The van der Waals surface area contributed by atoms with Crippen LogP contribution in [-0.2, 0) is 5.41 Å². The molecule has 0 atom stereocenters. The first-order chi connectivity index (χ1) is 33.7. The number of nitrogens with zero attached hydrogens (tertiary/aromatic N) is 4. The van der Waals surface area contributed by atoms with Crippen LogP contribution in [0.1, 0.15) is 22.3 Å². The van der Waals surface area contributed by atoms with Gasteiger partial charge in [0.15, 0.2) is 17.5 Å². The molecule has 5 heteroatoms. The molecule has 5 nitrogen and oxygen atoms in total. The normalized spacial score (nSPS) is 12.6. The first-order valence-electron chi connectivity index (χ1n) is 23.0. The summed E-state index contributed by atoms with van der Waals surface area (Å²) in [6.45, 7) is 0. The van der Waals surface area contributed by atoms with Crippen LogP contribution in [0.3, 0.4) is 0 Å². The van der Waals surface area contributed by atoms with E-state index in [1.807, 2.05) is 54.6 Å². The summed E-state index contributed by atoms with van der Waals surface area (Å²) >= 11 is 0. The molecule has 1 aliphatic heterocycles. The third-order valence-electron chi connectivity index (χ3n) is 13.5. The minimum atomic E-state index is -0.533. The summed E-state index contributed by atoms with van der Waals surface area (Å²) in [6, 6.07) is 84.9. The number of aromatic nitrogens is 4. The van der Waals surface area contributed by atoms with Gasteiger partial charge in [0.1, 0.15) is 11.5 Å². The maximum atomic E-state index is 6.70. The maximum absolute atomic E-state index is 6.70. The second-order valence-corrected chi connectivity index (χ2v) is 17.3. The van der Waals surface area contributed by atoms with Gasteiger partial charge in [0, 0.05) is 44.5 Å². The van der Waals surface area contributed by atoms with Crippen molar-refractivity contribution in [3.63, 3.8) is 0 Å². The van der Waals surface area contributed by atoms with Crippen molar-refractivity contribution in [2.45, 2.75) is 5.41 Å². The molecule has 2 aromatic heterocycles. The van der Waals surface area contributed by atoms with Crippen molar-refractivity contribution in [3.8, 4) is 102 Å². The van der Waals surface area contributed by atoms with Crippen LogP contribution in [0.25, 0.3) is 90.1 Å². The highest BCUT2D eigenvalue weighted by Crippen LogP contribution is 2.62. The van der Waals surface area contributed by atoms with Gasteiger partial charge in [-0.1, -0.05) is 218 Å². The van der Waals surface area contributed by atoms with Crippen molar-refractivity contribution in [2.24, 2.45) is 0 Å². The second-order valence-electron chi connectivity index (χ2n) is 17.3. The van der Waals surface area contributed by atoms with Gasteiger partial charge >= 0.3 is 0 Å². The van der Waals surface area contributed by atoms with Gasteiger partial charge in [-0.25, -0.2) is 19.9 Å².